The molecule has 5 aliphatic heterocycles. The Morgan fingerprint density at radius 2 is 0.633 bits per heavy atom. The fourth-order valence-corrected chi connectivity index (χ4v) is 13.6. The number of hydrogen-bond donors (Lipinski definition) is 9. The van der Waals surface area contributed by atoms with Crippen molar-refractivity contribution in [1.29, 1.82) is 0 Å². The van der Waals surface area contributed by atoms with Gasteiger partial charge in [0.1, 0.15) is 0 Å². The van der Waals surface area contributed by atoms with Gasteiger partial charge in [-0.25, -0.2) is 0 Å². The summed E-state index contributed by atoms with van der Waals surface area (Å²) in [6.45, 7) is 0. The number of fused-ring (bicyclic) bond motifs is 20. The number of hydrogen-bond acceptors (Lipinski definition) is 10. The molecule has 9 rings (SSSR count). The van der Waals surface area contributed by atoms with Gasteiger partial charge in [0.15, 0.2) is 0 Å². The first-order valence-electron chi connectivity index (χ1n) is 18.5. The van der Waals surface area contributed by atoms with Crippen LogP contribution in [0.25, 0.3) is 0 Å². The molecule has 267 valence electrons. The van der Waals surface area contributed by atoms with Gasteiger partial charge in [0.25, 0.3) is 10.1 Å². The molecule has 0 aromatic rings. The van der Waals surface area contributed by atoms with Gasteiger partial charge in [-0.1, -0.05) is 44.9 Å². The molecular formula is C32H60CuN8Na4O3S. The summed E-state index contributed by atoms with van der Waals surface area (Å²) in [5.74, 6) is 3.50. The molecule has 4 saturated carbocycles. The summed E-state index contributed by atoms with van der Waals surface area (Å²) in [6.07, 6.45) is 18.9. The van der Waals surface area contributed by atoms with Gasteiger partial charge in [0.2, 0.25) is 0 Å². The van der Waals surface area contributed by atoms with Crippen molar-refractivity contribution in [3.05, 3.63) is 0 Å². The zero-order valence-electron chi connectivity index (χ0n) is 34.4. The van der Waals surface area contributed by atoms with Crippen LogP contribution in [0.4, 0.5) is 0 Å². The summed E-state index contributed by atoms with van der Waals surface area (Å²) in [5, 5.41) is 31.8. The van der Waals surface area contributed by atoms with Gasteiger partial charge in [-0.05, 0) is 92.8 Å². The van der Waals surface area contributed by atoms with E-state index in [0.29, 0.717) is 54.3 Å². The van der Waals surface area contributed by atoms with Crippen LogP contribution in [0.5, 0.6) is 0 Å². The zero-order chi connectivity index (χ0) is 29.6. The van der Waals surface area contributed by atoms with Crippen LogP contribution in [0.3, 0.4) is 0 Å². The molecule has 0 spiro atoms. The van der Waals surface area contributed by atoms with E-state index in [-0.39, 0.29) is 190 Å². The van der Waals surface area contributed by atoms with Crippen LogP contribution >= 0.6 is 0 Å². The standard InChI is InChI=1S/C32H56N8O3S.Cu.4Na.4H/c41-44(42,43)23-15-7-14-22-24(23)32-39-30-21-13-6-5-12-20(21)28(37-30)35-26-17-9-2-1-8-16(17)25(33-26)34-27-18-10-3-4-11-19(18)29(36-27)38-31(22)40-32;;;;;;;;;/h16-40H,1-15H2,(H,41,42,43);;;;;;;;;/q;;4*+1;4*-1. The van der Waals surface area contributed by atoms with Crippen LogP contribution in [0.2, 0.25) is 0 Å². The van der Waals surface area contributed by atoms with Gasteiger partial charge >= 0.3 is 118 Å². The fraction of sp³-hybridized carbons (Fsp3) is 1.00. The molecule has 11 nitrogen and oxygen atoms in total. The van der Waals surface area contributed by atoms with Crippen molar-refractivity contribution >= 4 is 10.1 Å². The van der Waals surface area contributed by atoms with Gasteiger partial charge in [-0.2, -0.15) is 8.42 Å². The summed E-state index contributed by atoms with van der Waals surface area (Å²) in [6, 6.07) is 0. The average Bonchev–Trinajstić information content (AvgIpc) is 3.76. The molecule has 5 heterocycles. The molecule has 4 aliphatic carbocycles. The average molecular weight is 792 g/mol. The smallest absolute Gasteiger partial charge is 1.00 e. The van der Waals surface area contributed by atoms with Gasteiger partial charge in [-0.3, -0.25) is 47.1 Å². The van der Waals surface area contributed by atoms with E-state index in [0.717, 1.165) is 12.8 Å². The van der Waals surface area contributed by atoms with Crippen molar-refractivity contribution in [3.8, 4) is 0 Å². The van der Waals surface area contributed by atoms with Crippen LogP contribution < -0.4 is 161 Å². The third kappa shape index (κ3) is 8.92. The number of rotatable bonds is 1. The Bertz CT molecular complexity index is 1220. The molecule has 9 aliphatic rings. The van der Waals surface area contributed by atoms with E-state index in [9.17, 15) is 13.0 Å². The fourth-order valence-electron chi connectivity index (χ4n) is 12.3. The predicted octanol–water partition coefficient (Wildman–Crippen LogP) is -10.1. The minimum Gasteiger partial charge on any atom is -1.00 e. The molecule has 17 heteroatoms. The molecule has 9 fully saturated rings. The largest absolute Gasteiger partial charge is 1.00 e. The van der Waals surface area contributed by atoms with Crippen molar-refractivity contribution in [1.82, 2.24) is 42.5 Å². The summed E-state index contributed by atoms with van der Waals surface area (Å²) in [4.78, 5) is 0. The Morgan fingerprint density at radius 3 is 0.918 bits per heavy atom. The first-order valence-corrected chi connectivity index (χ1v) is 20.0. The molecule has 17 unspecified atom stereocenters. The molecule has 9 N–H and O–H groups in total. The van der Waals surface area contributed by atoms with E-state index >= 15 is 0 Å². The second kappa shape index (κ2) is 19.2. The van der Waals surface area contributed by atoms with Crippen LogP contribution in [0.1, 0.15) is 102 Å². The monoisotopic (exact) mass is 791 g/mol. The Labute approximate surface area is 399 Å². The van der Waals surface area contributed by atoms with Gasteiger partial charge in [-0.15, -0.1) is 0 Å². The summed E-state index contributed by atoms with van der Waals surface area (Å²) >= 11 is 0. The van der Waals surface area contributed by atoms with Gasteiger partial charge in [0, 0.05) is 23.0 Å². The maximum atomic E-state index is 12.8. The van der Waals surface area contributed by atoms with Crippen molar-refractivity contribution in [3.63, 3.8) is 0 Å². The van der Waals surface area contributed by atoms with Crippen molar-refractivity contribution < 1.29 is 154 Å². The third-order valence-corrected chi connectivity index (χ3v) is 15.5. The first-order chi connectivity index (χ1) is 21.4. The van der Waals surface area contributed by atoms with Crippen molar-refractivity contribution in [2.75, 3.05) is 0 Å². The Morgan fingerprint density at radius 1 is 0.388 bits per heavy atom. The Balaban J connectivity index is 0.00000300. The molecule has 0 aromatic carbocycles. The Hall–Kier alpha value is 4.11. The van der Waals surface area contributed by atoms with Crippen molar-refractivity contribution in [2.24, 2.45) is 47.3 Å². The first kappa shape index (κ1) is 45.8. The predicted molar refractivity (Wildman–Crippen MR) is 172 cm³/mol. The van der Waals surface area contributed by atoms with Crippen molar-refractivity contribution in [2.45, 2.75) is 151 Å². The summed E-state index contributed by atoms with van der Waals surface area (Å²) in [7, 11) is -4.16. The van der Waals surface area contributed by atoms with E-state index in [4.69, 9.17) is 0 Å². The molecule has 17 atom stereocenters. The maximum absolute atomic E-state index is 12.8. The van der Waals surface area contributed by atoms with Crippen LogP contribution in [-0.4, -0.2) is 67.5 Å². The molecule has 0 amide bonds. The van der Waals surface area contributed by atoms with E-state index in [1.807, 2.05) is 0 Å². The van der Waals surface area contributed by atoms with E-state index < -0.39 is 15.4 Å². The minimum absolute atomic E-state index is 0. The molecular weight excluding hydrogens is 732 g/mol. The molecule has 5 saturated heterocycles. The summed E-state index contributed by atoms with van der Waals surface area (Å²) < 4.78 is 36.1. The SMILES string of the molecule is O=S(=O)(O)C1CCCC2C3NC4NC(NC5NC(NC6NC(NC(N3)C21)C1CCCCC61)C1CCCCC51)C1CCCCC41.[Cu].[H-].[H-].[H-].[H-].[Na+].[Na+].[Na+].[Na+]. The molecule has 49 heavy (non-hydrogen) atoms. The quantitative estimate of drug-likeness (QED) is 0.0922. The summed E-state index contributed by atoms with van der Waals surface area (Å²) in [5.41, 5.74) is 0. The molecule has 0 aromatic heterocycles. The second-order valence-corrected chi connectivity index (χ2v) is 17.9. The third-order valence-electron chi connectivity index (χ3n) is 14.2. The minimum atomic E-state index is -4.16. The maximum Gasteiger partial charge on any atom is 1.00 e. The normalized spacial score (nSPS) is 49.9. The zero-order valence-corrected chi connectivity index (χ0v) is 40.2. The second-order valence-electron chi connectivity index (χ2n) is 16.2. The van der Waals surface area contributed by atoms with E-state index in [1.54, 1.807) is 0 Å². The van der Waals surface area contributed by atoms with E-state index in [2.05, 4.69) is 42.5 Å². The van der Waals surface area contributed by atoms with Crippen LogP contribution in [-0.2, 0) is 27.2 Å². The van der Waals surface area contributed by atoms with Crippen LogP contribution in [0.15, 0.2) is 0 Å². The molecule has 8 bridgehead atoms. The van der Waals surface area contributed by atoms with Crippen LogP contribution in [0, 0.1) is 47.3 Å². The molecule has 1 radical (unpaired) electrons. The van der Waals surface area contributed by atoms with Gasteiger partial charge < -0.3 is 5.71 Å². The number of nitrogens with one attached hydrogen (secondary N) is 8. The topological polar surface area (TPSA) is 151 Å². The van der Waals surface area contributed by atoms with E-state index in [1.165, 1.54) is 77.0 Å². The Kier molecular flexibility index (Phi) is 18.0. The van der Waals surface area contributed by atoms with Gasteiger partial charge in [0.05, 0.1) is 54.6 Å².